The molecule has 0 bridgehead atoms. The van der Waals surface area contributed by atoms with Crippen LogP contribution in [0.1, 0.15) is 0 Å². The van der Waals surface area contributed by atoms with E-state index in [1.54, 1.807) is 11.0 Å². The molecule has 8 nitrogen and oxygen atoms in total. The highest BCUT2D eigenvalue weighted by atomic mass is 16.8. The Morgan fingerprint density at radius 2 is 1.69 bits per heavy atom. The van der Waals surface area contributed by atoms with Crippen molar-refractivity contribution >= 4 is 17.8 Å². The SMILES string of the molecule is O=C1C=CC(=O)OC2(CNCCN2c2ccc(-c3ccccc3)nn2)O1. The van der Waals surface area contributed by atoms with Crippen LogP contribution in [-0.4, -0.2) is 47.7 Å². The van der Waals surface area contributed by atoms with Gasteiger partial charge in [0.2, 0.25) is 0 Å². The molecule has 2 aliphatic heterocycles. The highest BCUT2D eigenvalue weighted by Gasteiger charge is 2.48. The number of rotatable bonds is 2. The van der Waals surface area contributed by atoms with E-state index in [2.05, 4.69) is 15.5 Å². The summed E-state index contributed by atoms with van der Waals surface area (Å²) in [5, 5.41) is 11.6. The van der Waals surface area contributed by atoms with Crippen LogP contribution in [0.5, 0.6) is 0 Å². The minimum Gasteiger partial charge on any atom is -0.399 e. The highest BCUT2D eigenvalue weighted by molar-refractivity contribution is 5.93. The average molecular weight is 352 g/mol. The number of piperazine rings is 1. The highest BCUT2D eigenvalue weighted by Crippen LogP contribution is 2.29. The third-order valence-corrected chi connectivity index (χ3v) is 4.14. The molecule has 1 saturated heterocycles. The fraction of sp³-hybridized carbons (Fsp3) is 0.222. The molecule has 1 aromatic heterocycles. The molecule has 2 aromatic rings. The van der Waals surface area contributed by atoms with Gasteiger partial charge in [0.1, 0.15) is 0 Å². The van der Waals surface area contributed by atoms with Crippen molar-refractivity contribution in [3.05, 3.63) is 54.6 Å². The Morgan fingerprint density at radius 3 is 2.35 bits per heavy atom. The van der Waals surface area contributed by atoms with Crippen molar-refractivity contribution < 1.29 is 19.1 Å². The third kappa shape index (κ3) is 3.02. The number of carbonyl (C=O) groups excluding carboxylic acids is 2. The Hall–Kier alpha value is -3.26. The van der Waals surface area contributed by atoms with Gasteiger partial charge in [-0.25, -0.2) is 9.59 Å². The zero-order valence-corrected chi connectivity index (χ0v) is 13.8. The van der Waals surface area contributed by atoms with Crippen LogP contribution in [-0.2, 0) is 19.1 Å². The van der Waals surface area contributed by atoms with E-state index in [-0.39, 0.29) is 6.54 Å². The number of ether oxygens (including phenoxy) is 2. The number of benzene rings is 1. The first-order valence-electron chi connectivity index (χ1n) is 8.18. The maximum Gasteiger partial charge on any atom is 0.357 e. The Labute approximate surface area is 149 Å². The zero-order valence-electron chi connectivity index (χ0n) is 13.8. The average Bonchev–Trinajstić information content (AvgIpc) is 2.81. The zero-order chi connectivity index (χ0) is 18.0. The summed E-state index contributed by atoms with van der Waals surface area (Å²) in [6, 6.07) is 13.3. The second kappa shape index (κ2) is 6.57. The van der Waals surface area contributed by atoms with Crippen LogP contribution in [0.4, 0.5) is 5.82 Å². The van der Waals surface area contributed by atoms with E-state index in [1.165, 1.54) is 0 Å². The van der Waals surface area contributed by atoms with Gasteiger partial charge in [0.15, 0.2) is 5.82 Å². The summed E-state index contributed by atoms with van der Waals surface area (Å²) < 4.78 is 10.8. The number of hydrogen-bond donors (Lipinski definition) is 1. The minimum absolute atomic E-state index is 0.133. The van der Waals surface area contributed by atoms with Crippen LogP contribution < -0.4 is 10.2 Å². The van der Waals surface area contributed by atoms with Crippen LogP contribution in [0.15, 0.2) is 54.6 Å². The molecule has 1 aromatic carbocycles. The summed E-state index contributed by atoms with van der Waals surface area (Å²) in [4.78, 5) is 25.4. The number of anilines is 1. The molecular weight excluding hydrogens is 336 g/mol. The first kappa shape index (κ1) is 16.2. The maximum absolute atomic E-state index is 11.9. The second-order valence-electron chi connectivity index (χ2n) is 5.86. The summed E-state index contributed by atoms with van der Waals surface area (Å²) in [7, 11) is 0. The topological polar surface area (TPSA) is 93.7 Å². The lowest BCUT2D eigenvalue weighted by molar-refractivity contribution is -0.221. The molecule has 132 valence electrons. The molecule has 0 amide bonds. The Morgan fingerprint density at radius 1 is 0.962 bits per heavy atom. The van der Waals surface area contributed by atoms with Gasteiger partial charge in [-0.3, -0.25) is 4.90 Å². The quantitative estimate of drug-likeness (QED) is 0.796. The Kier molecular flexibility index (Phi) is 4.10. The Balaban J connectivity index is 1.66. The lowest BCUT2D eigenvalue weighted by Gasteiger charge is -2.43. The van der Waals surface area contributed by atoms with Crippen molar-refractivity contribution in [2.24, 2.45) is 0 Å². The van der Waals surface area contributed by atoms with Crippen molar-refractivity contribution in [3.8, 4) is 11.3 Å². The first-order chi connectivity index (χ1) is 12.7. The van der Waals surface area contributed by atoms with Gasteiger partial charge in [-0.05, 0) is 12.1 Å². The standard InChI is InChI=1S/C18H16N4O4/c23-16-8-9-17(24)26-18(25-16)12-19-10-11-22(18)15-7-6-14(20-21-15)13-4-2-1-3-5-13/h1-9,19H,10-12H2. The van der Waals surface area contributed by atoms with Crippen molar-refractivity contribution in [1.82, 2.24) is 15.5 Å². The van der Waals surface area contributed by atoms with E-state index in [9.17, 15) is 9.59 Å². The molecule has 0 unspecified atom stereocenters. The van der Waals surface area contributed by atoms with E-state index in [0.717, 1.165) is 23.4 Å². The van der Waals surface area contributed by atoms with Gasteiger partial charge in [0.25, 0.3) is 0 Å². The molecule has 0 radical (unpaired) electrons. The van der Waals surface area contributed by atoms with Gasteiger partial charge in [-0.1, -0.05) is 30.3 Å². The van der Waals surface area contributed by atoms with E-state index < -0.39 is 17.8 Å². The van der Waals surface area contributed by atoms with E-state index in [4.69, 9.17) is 9.47 Å². The molecule has 0 atom stereocenters. The summed E-state index contributed by atoms with van der Waals surface area (Å²) in [6.45, 7) is 1.18. The molecule has 26 heavy (non-hydrogen) atoms. The van der Waals surface area contributed by atoms with Crippen LogP contribution in [0.2, 0.25) is 0 Å². The van der Waals surface area contributed by atoms with E-state index in [0.29, 0.717) is 18.9 Å². The molecule has 2 aliphatic rings. The summed E-state index contributed by atoms with van der Waals surface area (Å²) in [5.74, 6) is -2.44. The summed E-state index contributed by atoms with van der Waals surface area (Å²) in [5.41, 5.74) is 1.66. The normalized spacial score (nSPS) is 19.0. The van der Waals surface area contributed by atoms with Gasteiger partial charge >= 0.3 is 17.8 Å². The predicted molar refractivity (Wildman–Crippen MR) is 91.7 cm³/mol. The van der Waals surface area contributed by atoms with Crippen molar-refractivity contribution in [2.75, 3.05) is 24.5 Å². The van der Waals surface area contributed by atoms with Gasteiger partial charge in [-0.2, -0.15) is 0 Å². The van der Waals surface area contributed by atoms with Gasteiger partial charge in [-0.15, -0.1) is 10.2 Å². The van der Waals surface area contributed by atoms with Gasteiger partial charge in [0, 0.05) is 30.8 Å². The molecule has 0 aliphatic carbocycles. The minimum atomic E-state index is -1.58. The molecule has 1 N–H and O–H groups in total. The van der Waals surface area contributed by atoms with Gasteiger partial charge in [0.05, 0.1) is 12.2 Å². The van der Waals surface area contributed by atoms with Gasteiger partial charge < -0.3 is 14.8 Å². The monoisotopic (exact) mass is 352 g/mol. The Bertz CT molecular complexity index is 831. The van der Waals surface area contributed by atoms with Crippen molar-refractivity contribution in [3.63, 3.8) is 0 Å². The largest absolute Gasteiger partial charge is 0.399 e. The molecule has 1 spiro atoms. The van der Waals surface area contributed by atoms with E-state index >= 15 is 0 Å². The predicted octanol–water partition coefficient (Wildman–Crippen LogP) is 0.863. The number of nitrogens with one attached hydrogen (secondary N) is 1. The van der Waals surface area contributed by atoms with E-state index in [1.807, 2.05) is 36.4 Å². The second-order valence-corrected chi connectivity index (χ2v) is 5.86. The molecule has 4 rings (SSSR count). The lowest BCUT2D eigenvalue weighted by atomic mass is 10.1. The van der Waals surface area contributed by atoms with Crippen LogP contribution in [0.3, 0.4) is 0 Å². The number of aromatic nitrogens is 2. The van der Waals surface area contributed by atoms with Crippen LogP contribution in [0, 0.1) is 0 Å². The molecule has 1 fully saturated rings. The van der Waals surface area contributed by atoms with Crippen LogP contribution in [0.25, 0.3) is 11.3 Å². The lowest BCUT2D eigenvalue weighted by Crippen LogP contribution is -2.65. The third-order valence-electron chi connectivity index (χ3n) is 4.14. The fourth-order valence-corrected chi connectivity index (χ4v) is 2.95. The smallest absolute Gasteiger partial charge is 0.357 e. The summed E-state index contributed by atoms with van der Waals surface area (Å²) in [6.07, 6.45) is 2.10. The number of nitrogens with zero attached hydrogens (tertiary/aromatic N) is 3. The number of hydrogen-bond acceptors (Lipinski definition) is 8. The maximum atomic E-state index is 11.9. The van der Waals surface area contributed by atoms with Crippen LogP contribution >= 0.6 is 0 Å². The molecule has 8 heteroatoms. The summed E-state index contributed by atoms with van der Waals surface area (Å²) >= 11 is 0. The first-order valence-corrected chi connectivity index (χ1v) is 8.18. The molecule has 3 heterocycles. The molecule has 0 saturated carbocycles. The number of esters is 2. The fourth-order valence-electron chi connectivity index (χ4n) is 2.95. The van der Waals surface area contributed by atoms with Crippen molar-refractivity contribution in [2.45, 2.75) is 5.91 Å². The molecular formula is C18H16N4O4. The number of carbonyl (C=O) groups is 2. The van der Waals surface area contributed by atoms with Crippen molar-refractivity contribution in [1.29, 1.82) is 0 Å².